The first kappa shape index (κ1) is 19.2. The van der Waals surface area contributed by atoms with Crippen LogP contribution in [0.15, 0.2) is 71.9 Å². The normalized spacial score (nSPS) is 11.0. The molecule has 2 N–H and O–H groups in total. The van der Waals surface area contributed by atoms with E-state index in [9.17, 15) is 13.2 Å². The van der Waals surface area contributed by atoms with Crippen LogP contribution in [0.4, 0.5) is 11.4 Å². The average molecular weight is 422 g/mol. The van der Waals surface area contributed by atoms with Crippen molar-refractivity contribution in [2.24, 2.45) is 0 Å². The Morgan fingerprint density at radius 2 is 1.67 bits per heavy atom. The van der Waals surface area contributed by atoms with Crippen molar-refractivity contribution in [3.05, 3.63) is 82.6 Å². The van der Waals surface area contributed by atoms with Gasteiger partial charge < -0.3 is 5.32 Å². The monoisotopic (exact) mass is 421 g/mol. The largest absolute Gasteiger partial charge is 0.322 e. The summed E-state index contributed by atoms with van der Waals surface area (Å²) in [6, 6.07) is 13.5. The number of nitrogens with zero attached hydrogens (tertiary/aromatic N) is 1. The zero-order chi connectivity index (χ0) is 19.4. The molecular formula is C18H13Cl2N3O3S. The van der Waals surface area contributed by atoms with Crippen LogP contribution in [0.1, 0.15) is 10.4 Å². The molecule has 0 saturated carbocycles. The zero-order valence-corrected chi connectivity index (χ0v) is 16.0. The van der Waals surface area contributed by atoms with E-state index in [2.05, 4.69) is 15.0 Å². The van der Waals surface area contributed by atoms with Gasteiger partial charge in [0.15, 0.2) is 0 Å². The van der Waals surface area contributed by atoms with E-state index in [0.717, 1.165) is 0 Å². The second kappa shape index (κ2) is 7.96. The molecule has 0 fully saturated rings. The van der Waals surface area contributed by atoms with Gasteiger partial charge in [-0.15, -0.1) is 0 Å². The van der Waals surface area contributed by atoms with E-state index in [4.69, 9.17) is 23.2 Å². The van der Waals surface area contributed by atoms with Gasteiger partial charge in [0.05, 0.1) is 5.02 Å². The number of carbonyl (C=O) groups excluding carboxylic acids is 1. The summed E-state index contributed by atoms with van der Waals surface area (Å²) in [7, 11) is -3.97. The maximum Gasteiger partial charge on any atom is 0.263 e. The van der Waals surface area contributed by atoms with E-state index in [-0.39, 0.29) is 32.1 Å². The Bertz CT molecular complexity index is 1090. The predicted molar refractivity (Wildman–Crippen MR) is 106 cm³/mol. The summed E-state index contributed by atoms with van der Waals surface area (Å²) in [5.41, 5.74) is 1.07. The molecule has 9 heteroatoms. The summed E-state index contributed by atoms with van der Waals surface area (Å²) in [5, 5.41) is 2.98. The van der Waals surface area contributed by atoms with Crippen LogP contribution in [0.3, 0.4) is 0 Å². The first-order chi connectivity index (χ1) is 12.8. The maximum atomic E-state index is 12.6. The second-order valence-electron chi connectivity index (χ2n) is 5.45. The molecule has 1 heterocycles. The maximum absolute atomic E-state index is 12.6. The molecule has 1 amide bonds. The first-order valence-corrected chi connectivity index (χ1v) is 9.88. The van der Waals surface area contributed by atoms with Gasteiger partial charge >= 0.3 is 0 Å². The van der Waals surface area contributed by atoms with E-state index in [0.29, 0.717) is 5.69 Å². The minimum atomic E-state index is -3.97. The zero-order valence-electron chi connectivity index (χ0n) is 13.7. The number of sulfonamides is 1. The highest BCUT2D eigenvalue weighted by molar-refractivity contribution is 7.92. The van der Waals surface area contributed by atoms with Crippen molar-refractivity contribution in [2.45, 2.75) is 4.90 Å². The predicted octanol–water partition coefficient (Wildman–Crippen LogP) is 4.44. The third kappa shape index (κ3) is 4.77. The molecule has 0 radical (unpaired) electrons. The van der Waals surface area contributed by atoms with Crippen molar-refractivity contribution in [2.75, 3.05) is 10.0 Å². The Kier molecular flexibility index (Phi) is 5.65. The molecule has 0 atom stereocenters. The Morgan fingerprint density at radius 1 is 0.926 bits per heavy atom. The van der Waals surface area contributed by atoms with Crippen LogP contribution in [-0.2, 0) is 10.0 Å². The number of nitrogens with one attached hydrogen (secondary N) is 2. The summed E-state index contributed by atoms with van der Waals surface area (Å²) < 4.78 is 27.6. The number of pyridine rings is 1. The lowest BCUT2D eigenvalue weighted by molar-refractivity contribution is 0.102. The van der Waals surface area contributed by atoms with E-state index in [1.807, 2.05) is 0 Å². The Morgan fingerprint density at radius 3 is 2.41 bits per heavy atom. The van der Waals surface area contributed by atoms with Crippen LogP contribution in [0.2, 0.25) is 10.0 Å². The fraction of sp³-hybridized carbons (Fsp3) is 0. The summed E-state index contributed by atoms with van der Waals surface area (Å²) in [6.45, 7) is 0. The fourth-order valence-corrected chi connectivity index (χ4v) is 4.07. The lowest BCUT2D eigenvalue weighted by atomic mass is 10.2. The molecule has 6 nitrogen and oxygen atoms in total. The smallest absolute Gasteiger partial charge is 0.263 e. The highest BCUT2D eigenvalue weighted by atomic mass is 35.5. The van der Waals surface area contributed by atoms with Crippen molar-refractivity contribution in [3.8, 4) is 0 Å². The molecule has 0 aliphatic rings. The van der Waals surface area contributed by atoms with Crippen molar-refractivity contribution < 1.29 is 13.2 Å². The van der Waals surface area contributed by atoms with E-state index < -0.39 is 10.0 Å². The molecule has 0 aliphatic heterocycles. The molecule has 0 saturated heterocycles. The lowest BCUT2D eigenvalue weighted by Crippen LogP contribution is -2.15. The number of rotatable bonds is 5. The van der Waals surface area contributed by atoms with Crippen molar-refractivity contribution in [1.82, 2.24) is 4.98 Å². The van der Waals surface area contributed by atoms with Crippen molar-refractivity contribution in [3.63, 3.8) is 0 Å². The van der Waals surface area contributed by atoms with E-state index >= 15 is 0 Å². The molecule has 27 heavy (non-hydrogen) atoms. The second-order valence-corrected chi connectivity index (χ2v) is 7.95. The summed E-state index contributed by atoms with van der Waals surface area (Å²) in [5.74, 6) is -0.386. The number of anilines is 2. The van der Waals surface area contributed by atoms with Crippen molar-refractivity contribution >= 4 is 50.5 Å². The minimum absolute atomic E-state index is 0.0403. The fourth-order valence-electron chi connectivity index (χ4n) is 2.26. The molecule has 3 aromatic rings. The van der Waals surface area contributed by atoms with Crippen LogP contribution in [0, 0.1) is 0 Å². The molecule has 2 aromatic carbocycles. The van der Waals surface area contributed by atoms with Gasteiger partial charge in [0.25, 0.3) is 15.9 Å². The quantitative estimate of drug-likeness (QED) is 0.636. The van der Waals surface area contributed by atoms with Crippen molar-refractivity contribution in [1.29, 1.82) is 0 Å². The molecule has 0 aliphatic carbocycles. The summed E-state index contributed by atoms with van der Waals surface area (Å²) in [6.07, 6.45) is 3.10. The number of amides is 1. The first-order valence-electron chi connectivity index (χ1n) is 7.64. The van der Waals surface area contributed by atoms with Gasteiger partial charge in [-0.3, -0.25) is 14.5 Å². The van der Waals surface area contributed by atoms with Crippen LogP contribution in [0.5, 0.6) is 0 Å². The average Bonchev–Trinajstić information content (AvgIpc) is 2.64. The van der Waals surface area contributed by atoms with E-state index in [1.54, 1.807) is 36.7 Å². The SMILES string of the molecule is O=C(Nc1ccncc1)c1cccc(NS(=O)(=O)c2cc(Cl)ccc2Cl)c1. The van der Waals surface area contributed by atoms with Gasteiger partial charge in [0.2, 0.25) is 0 Å². The number of halogens is 2. The van der Waals surface area contributed by atoms with Gasteiger partial charge in [0, 0.05) is 34.4 Å². The molecule has 0 unspecified atom stereocenters. The molecule has 0 spiro atoms. The van der Waals surface area contributed by atoms with Crippen LogP contribution in [0.25, 0.3) is 0 Å². The Hall–Kier alpha value is -2.61. The topological polar surface area (TPSA) is 88.2 Å². The molecular weight excluding hydrogens is 409 g/mol. The van der Waals surface area contributed by atoms with Crippen LogP contribution < -0.4 is 10.0 Å². The van der Waals surface area contributed by atoms with Crippen LogP contribution in [-0.4, -0.2) is 19.3 Å². The summed E-state index contributed by atoms with van der Waals surface area (Å²) in [4.78, 5) is 16.1. The highest BCUT2D eigenvalue weighted by Gasteiger charge is 2.19. The van der Waals surface area contributed by atoms with Gasteiger partial charge in [-0.1, -0.05) is 29.3 Å². The number of hydrogen-bond acceptors (Lipinski definition) is 4. The minimum Gasteiger partial charge on any atom is -0.322 e. The van der Waals surface area contributed by atoms with Gasteiger partial charge in [0.1, 0.15) is 4.90 Å². The van der Waals surface area contributed by atoms with Gasteiger partial charge in [-0.25, -0.2) is 8.42 Å². The number of hydrogen-bond donors (Lipinski definition) is 2. The number of carbonyl (C=O) groups is 1. The standard InChI is InChI=1S/C18H13Cl2N3O3S/c19-13-4-5-16(20)17(11-13)27(25,26)23-15-3-1-2-12(10-15)18(24)22-14-6-8-21-9-7-14/h1-11,23H,(H,21,22,24). The van der Waals surface area contributed by atoms with Gasteiger partial charge in [-0.05, 0) is 48.5 Å². The lowest BCUT2D eigenvalue weighted by Gasteiger charge is -2.11. The Labute approximate surface area is 166 Å². The highest BCUT2D eigenvalue weighted by Crippen LogP contribution is 2.27. The molecule has 0 bridgehead atoms. The molecule has 138 valence electrons. The van der Waals surface area contributed by atoms with E-state index in [1.165, 1.54) is 30.3 Å². The summed E-state index contributed by atoms with van der Waals surface area (Å²) >= 11 is 11.8. The third-order valence-corrected chi connectivity index (χ3v) is 5.60. The Balaban J connectivity index is 1.83. The van der Waals surface area contributed by atoms with Gasteiger partial charge in [-0.2, -0.15) is 0 Å². The number of benzene rings is 2. The molecule has 1 aromatic heterocycles. The number of aromatic nitrogens is 1. The van der Waals surface area contributed by atoms with Crippen LogP contribution >= 0.6 is 23.2 Å². The third-order valence-electron chi connectivity index (χ3n) is 3.50. The molecule has 3 rings (SSSR count).